The summed E-state index contributed by atoms with van der Waals surface area (Å²) in [6.45, 7) is 3.19. The van der Waals surface area contributed by atoms with Crippen LogP contribution >= 0.6 is 0 Å². The number of phenolic OH excluding ortho intramolecular Hbond substituents is 1. The third-order valence-corrected chi connectivity index (χ3v) is 5.01. The number of carbonyl (C=O) groups is 6. The quantitative estimate of drug-likeness (QED) is 0.134. The van der Waals surface area contributed by atoms with E-state index in [0.29, 0.717) is 5.56 Å². The van der Waals surface area contributed by atoms with Gasteiger partial charge in [0.05, 0.1) is 18.9 Å². The molecule has 1 rings (SSSR count). The van der Waals surface area contributed by atoms with E-state index in [-0.39, 0.29) is 12.2 Å². The Hall–Kier alpha value is -4.20. The Balaban J connectivity index is 3.14. The maximum atomic E-state index is 13.0. The second-order valence-electron chi connectivity index (χ2n) is 8.44. The van der Waals surface area contributed by atoms with Gasteiger partial charge in [-0.25, -0.2) is 4.79 Å². The number of benzene rings is 1. The van der Waals surface area contributed by atoms with Gasteiger partial charge in [-0.15, -0.1) is 0 Å². The number of aromatic hydroxyl groups is 1. The van der Waals surface area contributed by atoms with Crippen LogP contribution in [0.1, 0.15) is 32.3 Å². The highest BCUT2D eigenvalue weighted by atomic mass is 16.4. The smallest absolute Gasteiger partial charge is 0.326 e. The van der Waals surface area contributed by atoms with Gasteiger partial charge in [-0.3, -0.25) is 24.0 Å². The summed E-state index contributed by atoms with van der Waals surface area (Å²) in [5, 5.41) is 34.6. The lowest BCUT2D eigenvalue weighted by Gasteiger charge is -2.27. The van der Waals surface area contributed by atoms with Crippen molar-refractivity contribution in [3.63, 3.8) is 0 Å². The van der Waals surface area contributed by atoms with Crippen LogP contribution in [0.5, 0.6) is 5.75 Å². The fourth-order valence-corrected chi connectivity index (χ4v) is 3.09. The average Bonchev–Trinajstić information content (AvgIpc) is 2.76. The Morgan fingerprint density at radius 2 is 1.39 bits per heavy atom. The molecule has 1 aromatic carbocycles. The minimum atomic E-state index is -1.65. The number of primary amides is 1. The lowest BCUT2D eigenvalue weighted by atomic mass is 10.00. The molecule has 4 atom stereocenters. The third kappa shape index (κ3) is 9.97. The van der Waals surface area contributed by atoms with Crippen LogP contribution in [0.2, 0.25) is 0 Å². The number of carboxylic acid groups (broad SMARTS) is 2. The number of rotatable bonds is 14. The molecule has 14 nitrogen and oxygen atoms in total. The van der Waals surface area contributed by atoms with E-state index in [4.69, 9.17) is 16.6 Å². The summed E-state index contributed by atoms with van der Waals surface area (Å²) < 4.78 is 0. The first-order valence-corrected chi connectivity index (χ1v) is 10.9. The Labute approximate surface area is 206 Å². The molecule has 0 aromatic heterocycles. The van der Waals surface area contributed by atoms with Crippen molar-refractivity contribution in [1.82, 2.24) is 16.0 Å². The SMILES string of the molecule is CC(C)C(NC(=O)C(N)CC(=O)O)C(=O)NC(Cc1ccc(O)cc1)C(=O)NC(CC(N)=O)C(=O)O. The highest BCUT2D eigenvalue weighted by molar-refractivity contribution is 5.95. The van der Waals surface area contributed by atoms with E-state index >= 15 is 0 Å². The van der Waals surface area contributed by atoms with Crippen molar-refractivity contribution in [2.24, 2.45) is 17.4 Å². The van der Waals surface area contributed by atoms with Crippen LogP contribution in [0.4, 0.5) is 0 Å². The maximum absolute atomic E-state index is 13.0. The molecule has 0 bridgehead atoms. The molecule has 198 valence electrons. The summed E-state index contributed by atoms with van der Waals surface area (Å²) in [4.78, 5) is 71.7. The average molecular weight is 510 g/mol. The summed E-state index contributed by atoms with van der Waals surface area (Å²) in [6, 6.07) is 0.0111. The monoisotopic (exact) mass is 509 g/mol. The molecular formula is C22H31N5O9. The van der Waals surface area contributed by atoms with Crippen LogP contribution in [0.3, 0.4) is 0 Å². The van der Waals surface area contributed by atoms with Gasteiger partial charge in [0.1, 0.15) is 23.9 Å². The fraction of sp³-hybridized carbons (Fsp3) is 0.455. The van der Waals surface area contributed by atoms with E-state index in [0.717, 1.165) is 0 Å². The van der Waals surface area contributed by atoms with Gasteiger partial charge in [0, 0.05) is 6.42 Å². The highest BCUT2D eigenvalue weighted by Crippen LogP contribution is 2.12. The predicted octanol–water partition coefficient (Wildman–Crippen LogP) is -2.19. The number of hydrogen-bond acceptors (Lipinski definition) is 8. The number of carboxylic acids is 2. The van der Waals surface area contributed by atoms with Gasteiger partial charge < -0.3 is 42.7 Å². The zero-order chi connectivity index (χ0) is 27.6. The third-order valence-electron chi connectivity index (χ3n) is 5.01. The predicted molar refractivity (Wildman–Crippen MR) is 124 cm³/mol. The maximum Gasteiger partial charge on any atom is 0.326 e. The molecule has 0 saturated heterocycles. The van der Waals surface area contributed by atoms with Crippen LogP contribution in [-0.4, -0.2) is 75.1 Å². The zero-order valence-electron chi connectivity index (χ0n) is 19.8. The summed E-state index contributed by atoms with van der Waals surface area (Å²) in [7, 11) is 0. The van der Waals surface area contributed by atoms with Gasteiger partial charge in [-0.2, -0.15) is 0 Å². The van der Waals surface area contributed by atoms with Crippen molar-refractivity contribution in [2.45, 2.75) is 57.3 Å². The minimum absolute atomic E-state index is 0.0449. The van der Waals surface area contributed by atoms with Gasteiger partial charge >= 0.3 is 11.9 Å². The van der Waals surface area contributed by atoms with Crippen molar-refractivity contribution in [1.29, 1.82) is 0 Å². The first-order chi connectivity index (χ1) is 16.7. The number of phenols is 1. The molecule has 0 fully saturated rings. The second kappa shape index (κ2) is 13.6. The largest absolute Gasteiger partial charge is 0.508 e. The fourth-order valence-electron chi connectivity index (χ4n) is 3.09. The minimum Gasteiger partial charge on any atom is -0.508 e. The Morgan fingerprint density at radius 1 is 0.833 bits per heavy atom. The van der Waals surface area contributed by atoms with E-state index in [1.165, 1.54) is 24.3 Å². The summed E-state index contributed by atoms with van der Waals surface area (Å²) in [5.74, 6) is -7.00. The van der Waals surface area contributed by atoms with Crippen LogP contribution in [-0.2, 0) is 35.2 Å². The molecule has 4 unspecified atom stereocenters. The molecule has 36 heavy (non-hydrogen) atoms. The molecule has 0 aliphatic carbocycles. The summed E-state index contributed by atoms with van der Waals surface area (Å²) in [6.07, 6.45) is -1.49. The first kappa shape index (κ1) is 29.8. The van der Waals surface area contributed by atoms with Crippen LogP contribution in [0.25, 0.3) is 0 Å². The number of nitrogens with two attached hydrogens (primary N) is 2. The molecule has 14 heteroatoms. The first-order valence-electron chi connectivity index (χ1n) is 10.9. The molecule has 0 aliphatic heterocycles. The number of hydrogen-bond donors (Lipinski definition) is 8. The van der Waals surface area contributed by atoms with Crippen LogP contribution < -0.4 is 27.4 Å². The topological polar surface area (TPSA) is 251 Å². The van der Waals surface area contributed by atoms with Crippen molar-refractivity contribution in [2.75, 3.05) is 0 Å². The second-order valence-corrected chi connectivity index (χ2v) is 8.44. The standard InChI is InChI=1S/C22H31N5O9/c1-10(2)18(27-19(32)13(23)8-17(30)31)21(34)25-14(7-11-3-5-12(28)6-4-11)20(33)26-15(22(35)36)9-16(24)29/h3-6,10,13-15,18,28H,7-9,23H2,1-2H3,(H2,24,29)(H,25,34)(H,26,33)(H,27,32)(H,30,31)(H,35,36). The molecule has 0 aliphatic rings. The van der Waals surface area contributed by atoms with E-state index in [9.17, 15) is 39.0 Å². The van der Waals surface area contributed by atoms with Gasteiger partial charge in [-0.1, -0.05) is 26.0 Å². The Kier molecular flexibility index (Phi) is 11.3. The molecule has 0 saturated carbocycles. The Morgan fingerprint density at radius 3 is 1.86 bits per heavy atom. The van der Waals surface area contributed by atoms with Crippen molar-refractivity contribution in [3.05, 3.63) is 29.8 Å². The van der Waals surface area contributed by atoms with Crippen molar-refractivity contribution in [3.8, 4) is 5.75 Å². The number of amides is 4. The van der Waals surface area contributed by atoms with Gasteiger partial charge in [0.25, 0.3) is 0 Å². The van der Waals surface area contributed by atoms with Gasteiger partial charge in [-0.05, 0) is 23.6 Å². The zero-order valence-corrected chi connectivity index (χ0v) is 19.8. The number of aliphatic carboxylic acids is 2. The molecule has 4 amide bonds. The van der Waals surface area contributed by atoms with E-state index in [2.05, 4.69) is 16.0 Å². The molecule has 10 N–H and O–H groups in total. The normalized spacial score (nSPS) is 14.1. The summed E-state index contributed by atoms with van der Waals surface area (Å²) in [5.41, 5.74) is 11.1. The van der Waals surface area contributed by atoms with E-state index < -0.39 is 78.5 Å². The molecular weight excluding hydrogens is 478 g/mol. The van der Waals surface area contributed by atoms with E-state index in [1.807, 2.05) is 0 Å². The van der Waals surface area contributed by atoms with Crippen LogP contribution in [0, 0.1) is 5.92 Å². The Bertz CT molecular complexity index is 981. The van der Waals surface area contributed by atoms with Crippen LogP contribution in [0.15, 0.2) is 24.3 Å². The number of nitrogens with one attached hydrogen (secondary N) is 3. The van der Waals surface area contributed by atoms with E-state index in [1.54, 1.807) is 13.8 Å². The van der Waals surface area contributed by atoms with Crippen molar-refractivity contribution < 1.29 is 44.1 Å². The summed E-state index contributed by atoms with van der Waals surface area (Å²) >= 11 is 0. The highest BCUT2D eigenvalue weighted by Gasteiger charge is 2.32. The molecule has 0 spiro atoms. The van der Waals surface area contributed by atoms with Crippen molar-refractivity contribution >= 4 is 35.6 Å². The van der Waals surface area contributed by atoms with Gasteiger partial charge in [0.15, 0.2) is 0 Å². The molecule has 0 radical (unpaired) electrons. The number of carbonyl (C=O) groups excluding carboxylic acids is 4. The van der Waals surface area contributed by atoms with Gasteiger partial charge in [0.2, 0.25) is 23.6 Å². The lowest BCUT2D eigenvalue weighted by molar-refractivity contribution is -0.143. The molecule has 0 heterocycles. The lowest BCUT2D eigenvalue weighted by Crippen LogP contribution is -2.59. The molecule has 1 aromatic rings.